The lowest BCUT2D eigenvalue weighted by Crippen LogP contribution is -2.45. The largest absolute Gasteiger partial charge is 0.348 e. The van der Waals surface area contributed by atoms with E-state index in [4.69, 9.17) is 0 Å². The number of fused-ring (bicyclic) bond motifs is 1. The van der Waals surface area contributed by atoms with Crippen molar-refractivity contribution in [2.24, 2.45) is 7.05 Å². The van der Waals surface area contributed by atoms with Crippen LogP contribution in [0.15, 0.2) is 34.9 Å². The Balaban J connectivity index is 1.39. The SMILES string of the molecule is Cc1cc(C(=O)NC2CCN(c3ncc4cc(Br)ccc4n3)CC2)n(C)n1. The van der Waals surface area contributed by atoms with Crippen LogP contribution in [-0.2, 0) is 7.05 Å². The second kappa shape index (κ2) is 7.26. The molecule has 3 aromatic rings. The lowest BCUT2D eigenvalue weighted by molar-refractivity contribution is 0.0921. The molecular weight excluding hydrogens is 408 g/mol. The second-order valence-electron chi connectivity index (χ2n) is 6.90. The van der Waals surface area contributed by atoms with Gasteiger partial charge < -0.3 is 10.2 Å². The van der Waals surface area contributed by atoms with E-state index in [0.29, 0.717) is 5.69 Å². The van der Waals surface area contributed by atoms with Crippen LogP contribution < -0.4 is 10.2 Å². The van der Waals surface area contributed by atoms with Crippen molar-refractivity contribution in [1.82, 2.24) is 25.1 Å². The first-order chi connectivity index (χ1) is 13.0. The van der Waals surface area contributed by atoms with Crippen LogP contribution in [0.3, 0.4) is 0 Å². The summed E-state index contributed by atoms with van der Waals surface area (Å²) in [4.78, 5) is 23.8. The summed E-state index contributed by atoms with van der Waals surface area (Å²) in [5.74, 6) is 0.681. The van der Waals surface area contributed by atoms with Crippen LogP contribution in [0.5, 0.6) is 0 Å². The van der Waals surface area contributed by atoms with Crippen molar-refractivity contribution in [3.8, 4) is 0 Å². The molecule has 140 valence electrons. The minimum absolute atomic E-state index is 0.0657. The summed E-state index contributed by atoms with van der Waals surface area (Å²) in [7, 11) is 1.79. The highest BCUT2D eigenvalue weighted by molar-refractivity contribution is 9.10. The van der Waals surface area contributed by atoms with Gasteiger partial charge in [-0.2, -0.15) is 5.10 Å². The number of aromatic nitrogens is 4. The maximum absolute atomic E-state index is 12.5. The summed E-state index contributed by atoms with van der Waals surface area (Å²) in [5.41, 5.74) is 2.38. The van der Waals surface area contributed by atoms with Gasteiger partial charge in [-0.25, -0.2) is 9.97 Å². The number of piperidine rings is 1. The van der Waals surface area contributed by atoms with Crippen LogP contribution in [0.4, 0.5) is 5.95 Å². The van der Waals surface area contributed by atoms with Gasteiger partial charge in [0.1, 0.15) is 5.69 Å². The number of anilines is 1. The van der Waals surface area contributed by atoms with E-state index in [9.17, 15) is 4.79 Å². The fourth-order valence-corrected chi connectivity index (χ4v) is 3.83. The number of halogens is 1. The average molecular weight is 429 g/mol. The van der Waals surface area contributed by atoms with Gasteiger partial charge in [-0.15, -0.1) is 0 Å². The average Bonchev–Trinajstić information content (AvgIpc) is 3.00. The van der Waals surface area contributed by atoms with E-state index in [1.54, 1.807) is 11.7 Å². The van der Waals surface area contributed by atoms with Crippen molar-refractivity contribution >= 4 is 38.7 Å². The Bertz CT molecular complexity index is 993. The Labute approximate surface area is 165 Å². The maximum Gasteiger partial charge on any atom is 0.269 e. The molecular formula is C19H21BrN6O. The number of carbonyl (C=O) groups is 1. The van der Waals surface area contributed by atoms with Crippen LogP contribution in [0, 0.1) is 6.92 Å². The monoisotopic (exact) mass is 428 g/mol. The molecule has 4 rings (SSSR count). The molecule has 1 saturated heterocycles. The van der Waals surface area contributed by atoms with Crippen LogP contribution in [0.2, 0.25) is 0 Å². The molecule has 8 heteroatoms. The Morgan fingerprint density at radius 3 is 2.74 bits per heavy atom. The molecule has 1 fully saturated rings. The summed E-state index contributed by atoms with van der Waals surface area (Å²) in [6.45, 7) is 3.52. The van der Waals surface area contributed by atoms with Crippen LogP contribution in [0.1, 0.15) is 29.0 Å². The molecule has 7 nitrogen and oxygen atoms in total. The molecule has 1 amide bonds. The molecule has 0 atom stereocenters. The molecule has 3 heterocycles. The number of hydrogen-bond acceptors (Lipinski definition) is 5. The van der Waals surface area contributed by atoms with Gasteiger partial charge in [-0.1, -0.05) is 15.9 Å². The van der Waals surface area contributed by atoms with Gasteiger partial charge in [-0.05, 0) is 44.0 Å². The summed E-state index contributed by atoms with van der Waals surface area (Å²) in [5, 5.41) is 8.38. The first-order valence-electron chi connectivity index (χ1n) is 8.98. The first-order valence-corrected chi connectivity index (χ1v) is 9.77. The number of aryl methyl sites for hydroxylation is 2. The summed E-state index contributed by atoms with van der Waals surface area (Å²) in [6, 6.07) is 7.96. The predicted octanol–water partition coefficient (Wildman–Crippen LogP) is 2.83. The third-order valence-electron chi connectivity index (χ3n) is 4.88. The fourth-order valence-electron chi connectivity index (χ4n) is 3.45. The number of carbonyl (C=O) groups excluding carboxylic acids is 1. The van der Waals surface area contributed by atoms with Crippen molar-refractivity contribution in [3.05, 3.63) is 46.3 Å². The van der Waals surface area contributed by atoms with Gasteiger partial charge in [0.2, 0.25) is 5.95 Å². The van der Waals surface area contributed by atoms with Crippen molar-refractivity contribution in [3.63, 3.8) is 0 Å². The number of nitrogens with zero attached hydrogens (tertiary/aromatic N) is 5. The zero-order chi connectivity index (χ0) is 19.0. The zero-order valence-electron chi connectivity index (χ0n) is 15.3. The van der Waals surface area contributed by atoms with Gasteiger partial charge in [-0.3, -0.25) is 9.48 Å². The highest BCUT2D eigenvalue weighted by Crippen LogP contribution is 2.22. The van der Waals surface area contributed by atoms with E-state index in [1.807, 2.05) is 37.4 Å². The smallest absolute Gasteiger partial charge is 0.269 e. The number of benzene rings is 1. The third kappa shape index (κ3) is 3.80. The number of amides is 1. The summed E-state index contributed by atoms with van der Waals surface area (Å²) < 4.78 is 2.65. The van der Waals surface area contributed by atoms with E-state index in [0.717, 1.165) is 52.9 Å². The van der Waals surface area contributed by atoms with E-state index >= 15 is 0 Å². The van der Waals surface area contributed by atoms with E-state index in [-0.39, 0.29) is 11.9 Å². The van der Waals surface area contributed by atoms with Gasteiger partial charge in [0.05, 0.1) is 11.2 Å². The molecule has 1 N–H and O–H groups in total. The molecule has 0 saturated carbocycles. The standard InChI is InChI=1S/C19H21BrN6O/c1-12-9-17(25(2)24-12)18(27)22-15-5-7-26(8-6-15)19-21-11-13-10-14(20)3-4-16(13)23-19/h3-4,9-11,15H,5-8H2,1-2H3,(H,22,27). The van der Waals surface area contributed by atoms with Crippen LogP contribution >= 0.6 is 15.9 Å². The molecule has 1 aliphatic heterocycles. The van der Waals surface area contributed by atoms with Gasteiger partial charge in [0, 0.05) is 42.2 Å². The number of hydrogen-bond donors (Lipinski definition) is 1. The van der Waals surface area contributed by atoms with Crippen molar-refractivity contribution in [2.45, 2.75) is 25.8 Å². The fraction of sp³-hybridized carbons (Fsp3) is 0.368. The minimum Gasteiger partial charge on any atom is -0.348 e. The molecule has 2 aromatic heterocycles. The lowest BCUT2D eigenvalue weighted by atomic mass is 10.1. The molecule has 0 bridgehead atoms. The predicted molar refractivity (Wildman–Crippen MR) is 108 cm³/mol. The topological polar surface area (TPSA) is 75.9 Å². The van der Waals surface area contributed by atoms with Crippen LogP contribution in [-0.4, -0.2) is 44.8 Å². The van der Waals surface area contributed by atoms with E-state index in [1.165, 1.54) is 0 Å². The third-order valence-corrected chi connectivity index (χ3v) is 5.37. The summed E-state index contributed by atoms with van der Waals surface area (Å²) >= 11 is 3.47. The van der Waals surface area contributed by atoms with Crippen molar-refractivity contribution in [2.75, 3.05) is 18.0 Å². The Kier molecular flexibility index (Phi) is 4.82. The second-order valence-corrected chi connectivity index (χ2v) is 7.82. The summed E-state index contributed by atoms with van der Waals surface area (Å²) in [6.07, 6.45) is 3.59. The normalized spacial score (nSPS) is 15.3. The molecule has 1 aromatic carbocycles. The zero-order valence-corrected chi connectivity index (χ0v) is 16.9. The molecule has 0 aliphatic carbocycles. The highest BCUT2D eigenvalue weighted by atomic mass is 79.9. The Morgan fingerprint density at radius 2 is 2.04 bits per heavy atom. The van der Waals surface area contributed by atoms with Gasteiger partial charge >= 0.3 is 0 Å². The lowest BCUT2D eigenvalue weighted by Gasteiger charge is -2.32. The van der Waals surface area contributed by atoms with E-state index < -0.39 is 0 Å². The molecule has 1 aliphatic rings. The van der Waals surface area contributed by atoms with Crippen LogP contribution in [0.25, 0.3) is 10.9 Å². The van der Waals surface area contributed by atoms with E-state index in [2.05, 4.69) is 41.2 Å². The number of rotatable bonds is 3. The van der Waals surface area contributed by atoms with Crippen molar-refractivity contribution in [1.29, 1.82) is 0 Å². The minimum atomic E-state index is -0.0657. The van der Waals surface area contributed by atoms with Crippen molar-refractivity contribution < 1.29 is 4.79 Å². The Morgan fingerprint density at radius 1 is 1.26 bits per heavy atom. The highest BCUT2D eigenvalue weighted by Gasteiger charge is 2.24. The van der Waals surface area contributed by atoms with Gasteiger partial charge in [0.25, 0.3) is 5.91 Å². The Hall–Kier alpha value is -2.48. The maximum atomic E-state index is 12.5. The molecule has 0 spiro atoms. The first kappa shape index (κ1) is 17.9. The quantitative estimate of drug-likeness (QED) is 0.693. The molecule has 0 radical (unpaired) electrons. The molecule has 0 unspecified atom stereocenters. The van der Waals surface area contributed by atoms with Gasteiger partial charge in [0.15, 0.2) is 0 Å². The number of nitrogens with one attached hydrogen (secondary N) is 1. The molecule has 27 heavy (non-hydrogen) atoms.